The van der Waals surface area contributed by atoms with Crippen molar-refractivity contribution in [1.82, 2.24) is 4.90 Å². The summed E-state index contributed by atoms with van der Waals surface area (Å²) in [5, 5.41) is 0. The summed E-state index contributed by atoms with van der Waals surface area (Å²) in [7, 11) is 3.17. The topological polar surface area (TPSA) is 68.0 Å². The molecular weight excluding hydrogens is 258 g/mol. The fraction of sp³-hybridized carbons (Fsp3) is 0.500. The second-order valence-corrected chi connectivity index (χ2v) is 4.73. The first-order chi connectivity index (χ1) is 9.65. The molecule has 2 N–H and O–H groups in total. The Bertz CT molecular complexity index is 471. The molecule has 0 unspecified atom stereocenters. The summed E-state index contributed by atoms with van der Waals surface area (Å²) in [4.78, 5) is 15.8. The molecule has 1 fully saturated rings. The number of rotatable bonds is 4. The van der Waals surface area contributed by atoms with Crippen LogP contribution in [0.1, 0.15) is 0 Å². The average Bonchev–Trinajstić information content (AvgIpc) is 2.47. The highest BCUT2D eigenvalue weighted by molar-refractivity contribution is 5.78. The molecule has 0 bridgehead atoms. The molecule has 1 heterocycles. The highest BCUT2D eigenvalue weighted by Crippen LogP contribution is 2.30. The third kappa shape index (κ3) is 3.14. The molecule has 2 rings (SSSR count). The molecule has 1 amide bonds. The minimum Gasteiger partial charge on any atom is -0.495 e. The predicted octanol–water partition coefficient (Wildman–Crippen LogP) is 0.572. The third-order valence-electron chi connectivity index (χ3n) is 3.44. The van der Waals surface area contributed by atoms with Gasteiger partial charge in [0.05, 0.1) is 12.8 Å². The van der Waals surface area contributed by atoms with Crippen molar-refractivity contribution in [3.8, 4) is 5.75 Å². The van der Waals surface area contributed by atoms with Gasteiger partial charge in [0.15, 0.2) is 0 Å². The van der Waals surface area contributed by atoms with Crippen molar-refractivity contribution in [2.45, 2.75) is 0 Å². The number of methoxy groups -OCH3 is 2. The highest BCUT2D eigenvalue weighted by Gasteiger charge is 2.22. The van der Waals surface area contributed by atoms with Crippen LogP contribution >= 0.6 is 0 Å². The van der Waals surface area contributed by atoms with Crippen LogP contribution in [0.5, 0.6) is 5.75 Å². The minimum atomic E-state index is 0.0384. The van der Waals surface area contributed by atoms with E-state index in [0.717, 1.165) is 24.5 Å². The molecule has 1 aliphatic rings. The van der Waals surface area contributed by atoms with E-state index in [1.807, 2.05) is 23.1 Å². The zero-order valence-electron chi connectivity index (χ0n) is 12.0. The first-order valence-corrected chi connectivity index (χ1v) is 6.61. The van der Waals surface area contributed by atoms with E-state index in [0.29, 0.717) is 18.8 Å². The van der Waals surface area contributed by atoms with Gasteiger partial charge in [-0.05, 0) is 12.1 Å². The average molecular weight is 279 g/mol. The highest BCUT2D eigenvalue weighted by atomic mass is 16.5. The van der Waals surface area contributed by atoms with Crippen molar-refractivity contribution in [2.24, 2.45) is 0 Å². The molecule has 0 atom stereocenters. The van der Waals surface area contributed by atoms with E-state index >= 15 is 0 Å². The van der Waals surface area contributed by atoms with Crippen LogP contribution in [0.15, 0.2) is 18.2 Å². The summed E-state index contributed by atoms with van der Waals surface area (Å²) in [6.45, 7) is 3.07. The van der Waals surface area contributed by atoms with Crippen LogP contribution in [0.25, 0.3) is 0 Å². The van der Waals surface area contributed by atoms with Crippen LogP contribution in [0.3, 0.4) is 0 Å². The molecule has 0 saturated carbocycles. The van der Waals surface area contributed by atoms with E-state index in [-0.39, 0.29) is 12.5 Å². The van der Waals surface area contributed by atoms with Gasteiger partial charge in [-0.25, -0.2) is 0 Å². The van der Waals surface area contributed by atoms with Crippen molar-refractivity contribution in [3.63, 3.8) is 0 Å². The molecule has 0 spiro atoms. The number of nitrogens with two attached hydrogens (primary N) is 1. The normalized spacial score (nSPS) is 15.3. The summed E-state index contributed by atoms with van der Waals surface area (Å²) in [6.07, 6.45) is 0. The Balaban J connectivity index is 2.02. The molecule has 110 valence electrons. The molecule has 1 aromatic rings. The molecule has 0 radical (unpaired) electrons. The van der Waals surface area contributed by atoms with E-state index in [1.165, 1.54) is 7.11 Å². The van der Waals surface area contributed by atoms with Crippen LogP contribution in [0.2, 0.25) is 0 Å². The molecule has 1 aromatic carbocycles. The summed E-state index contributed by atoms with van der Waals surface area (Å²) in [5.41, 5.74) is 7.46. The zero-order valence-corrected chi connectivity index (χ0v) is 12.0. The van der Waals surface area contributed by atoms with Gasteiger partial charge in [-0.2, -0.15) is 0 Å². The predicted molar refractivity (Wildman–Crippen MR) is 78.1 cm³/mol. The molecule has 1 aliphatic heterocycles. The lowest BCUT2D eigenvalue weighted by Gasteiger charge is -2.36. The summed E-state index contributed by atoms with van der Waals surface area (Å²) < 4.78 is 10.2. The number of ether oxygens (including phenoxy) is 2. The summed E-state index contributed by atoms with van der Waals surface area (Å²) >= 11 is 0. The summed E-state index contributed by atoms with van der Waals surface area (Å²) in [5.74, 6) is 0.804. The van der Waals surface area contributed by atoms with Crippen LogP contribution < -0.4 is 15.4 Å². The Labute approximate surface area is 119 Å². The fourth-order valence-corrected chi connectivity index (χ4v) is 2.37. The molecule has 0 aliphatic carbocycles. The van der Waals surface area contributed by atoms with Crippen LogP contribution in [0, 0.1) is 0 Å². The maximum absolute atomic E-state index is 11.8. The van der Waals surface area contributed by atoms with Crippen molar-refractivity contribution in [3.05, 3.63) is 18.2 Å². The van der Waals surface area contributed by atoms with Gasteiger partial charge in [0, 0.05) is 45.0 Å². The lowest BCUT2D eigenvalue weighted by molar-refractivity contribution is -0.135. The van der Waals surface area contributed by atoms with E-state index < -0.39 is 0 Å². The SMILES string of the molecule is COCC(=O)N1CCN(c2ccc(N)cc2OC)CC1. The van der Waals surface area contributed by atoms with Gasteiger partial charge < -0.3 is 25.0 Å². The van der Waals surface area contributed by atoms with E-state index in [4.69, 9.17) is 15.2 Å². The molecule has 0 aromatic heterocycles. The molecule has 6 nitrogen and oxygen atoms in total. The number of piperazine rings is 1. The van der Waals surface area contributed by atoms with E-state index in [1.54, 1.807) is 7.11 Å². The van der Waals surface area contributed by atoms with Gasteiger partial charge >= 0.3 is 0 Å². The fourth-order valence-electron chi connectivity index (χ4n) is 2.37. The summed E-state index contributed by atoms with van der Waals surface area (Å²) in [6, 6.07) is 5.64. The molecule has 1 saturated heterocycles. The van der Waals surface area contributed by atoms with Gasteiger partial charge in [-0.1, -0.05) is 0 Å². The van der Waals surface area contributed by atoms with E-state index in [9.17, 15) is 4.79 Å². The Morgan fingerprint density at radius 2 is 1.95 bits per heavy atom. The van der Waals surface area contributed by atoms with Crippen molar-refractivity contribution < 1.29 is 14.3 Å². The van der Waals surface area contributed by atoms with Crippen LogP contribution in [-0.4, -0.2) is 57.8 Å². The molecular formula is C14H21N3O3. The van der Waals surface area contributed by atoms with Crippen LogP contribution in [0.4, 0.5) is 11.4 Å². The number of nitrogens with zero attached hydrogens (tertiary/aromatic N) is 2. The number of anilines is 2. The number of nitrogen functional groups attached to an aromatic ring is 1. The monoisotopic (exact) mass is 279 g/mol. The number of benzene rings is 1. The van der Waals surface area contributed by atoms with Crippen molar-refractivity contribution in [1.29, 1.82) is 0 Å². The number of amides is 1. The van der Waals surface area contributed by atoms with Gasteiger partial charge in [-0.3, -0.25) is 4.79 Å². The Morgan fingerprint density at radius 1 is 1.25 bits per heavy atom. The lowest BCUT2D eigenvalue weighted by atomic mass is 10.2. The zero-order chi connectivity index (χ0) is 14.5. The first-order valence-electron chi connectivity index (χ1n) is 6.61. The van der Waals surface area contributed by atoms with Crippen molar-refractivity contribution >= 4 is 17.3 Å². The van der Waals surface area contributed by atoms with Crippen LogP contribution in [-0.2, 0) is 9.53 Å². The first kappa shape index (κ1) is 14.5. The maximum Gasteiger partial charge on any atom is 0.248 e. The van der Waals surface area contributed by atoms with Gasteiger partial charge in [0.1, 0.15) is 12.4 Å². The van der Waals surface area contributed by atoms with Gasteiger partial charge in [0.2, 0.25) is 5.91 Å². The second-order valence-electron chi connectivity index (χ2n) is 4.73. The number of carbonyl (C=O) groups is 1. The Hall–Kier alpha value is -1.95. The Morgan fingerprint density at radius 3 is 2.55 bits per heavy atom. The Kier molecular flexibility index (Phi) is 4.68. The largest absolute Gasteiger partial charge is 0.495 e. The second kappa shape index (κ2) is 6.47. The van der Waals surface area contributed by atoms with Crippen molar-refractivity contribution in [2.75, 3.05) is 57.6 Å². The number of carbonyl (C=O) groups excluding carboxylic acids is 1. The number of hydrogen-bond donors (Lipinski definition) is 1. The minimum absolute atomic E-state index is 0.0384. The number of hydrogen-bond acceptors (Lipinski definition) is 5. The smallest absolute Gasteiger partial charge is 0.248 e. The molecule has 6 heteroatoms. The molecule has 20 heavy (non-hydrogen) atoms. The van der Waals surface area contributed by atoms with E-state index in [2.05, 4.69) is 4.90 Å². The maximum atomic E-state index is 11.8. The van der Waals surface area contributed by atoms with Gasteiger partial charge in [-0.15, -0.1) is 0 Å². The van der Waals surface area contributed by atoms with Gasteiger partial charge in [0.25, 0.3) is 0 Å². The standard InChI is InChI=1S/C14H21N3O3/c1-19-10-14(18)17-7-5-16(6-8-17)12-4-3-11(15)9-13(12)20-2/h3-4,9H,5-8,10,15H2,1-2H3. The quantitative estimate of drug-likeness (QED) is 0.816. The lowest BCUT2D eigenvalue weighted by Crippen LogP contribution is -2.49. The third-order valence-corrected chi connectivity index (χ3v) is 3.44.